The van der Waals surface area contributed by atoms with Gasteiger partial charge in [-0.15, -0.1) is 0 Å². The lowest BCUT2D eigenvalue weighted by molar-refractivity contribution is -0.137. The summed E-state index contributed by atoms with van der Waals surface area (Å²) in [5, 5.41) is 0. The maximum Gasteiger partial charge on any atom is 0.416 e. The van der Waals surface area contributed by atoms with E-state index in [0.717, 1.165) is 34.3 Å². The standard InChI is InChI=1S/C24H21F3O2/c1-23(2)14-18-11-17(16-7-6-8-20(13-16)24(25,26)27)12-19(22(18)29-23)15-28-21-9-4-3-5-10-21/h3-13H,14-15H2,1-2H3. The number of benzene rings is 3. The van der Waals surface area contributed by atoms with Crippen molar-refractivity contribution >= 4 is 0 Å². The van der Waals surface area contributed by atoms with E-state index in [1.165, 1.54) is 12.1 Å². The lowest BCUT2D eigenvalue weighted by atomic mass is 9.94. The summed E-state index contributed by atoms with van der Waals surface area (Å²) in [6.07, 6.45) is -3.69. The van der Waals surface area contributed by atoms with E-state index in [4.69, 9.17) is 9.47 Å². The molecule has 0 saturated carbocycles. The average molecular weight is 398 g/mol. The van der Waals surface area contributed by atoms with Crippen molar-refractivity contribution in [2.45, 2.75) is 38.7 Å². The maximum atomic E-state index is 13.2. The third kappa shape index (κ3) is 4.24. The molecule has 0 fully saturated rings. The molecule has 3 aromatic carbocycles. The van der Waals surface area contributed by atoms with E-state index in [9.17, 15) is 13.2 Å². The lowest BCUT2D eigenvalue weighted by Crippen LogP contribution is -2.24. The van der Waals surface area contributed by atoms with Crippen LogP contribution in [-0.4, -0.2) is 5.60 Å². The smallest absolute Gasteiger partial charge is 0.416 e. The summed E-state index contributed by atoms with van der Waals surface area (Å²) in [4.78, 5) is 0. The zero-order valence-corrected chi connectivity index (χ0v) is 16.2. The number of alkyl halides is 3. The minimum absolute atomic E-state index is 0.273. The second-order valence-corrected chi connectivity index (χ2v) is 7.84. The maximum absolute atomic E-state index is 13.2. The summed E-state index contributed by atoms with van der Waals surface area (Å²) in [7, 11) is 0. The highest BCUT2D eigenvalue weighted by Gasteiger charge is 2.33. The minimum atomic E-state index is -4.38. The van der Waals surface area contributed by atoms with Crippen LogP contribution in [0.25, 0.3) is 11.1 Å². The van der Waals surface area contributed by atoms with Crippen molar-refractivity contribution in [1.82, 2.24) is 0 Å². The van der Waals surface area contributed by atoms with E-state index in [2.05, 4.69) is 0 Å². The summed E-state index contributed by atoms with van der Waals surface area (Å²) in [5.41, 5.74) is 2.03. The first-order valence-electron chi connectivity index (χ1n) is 9.42. The quantitative estimate of drug-likeness (QED) is 0.489. The van der Waals surface area contributed by atoms with Gasteiger partial charge in [0, 0.05) is 12.0 Å². The van der Waals surface area contributed by atoms with Crippen LogP contribution in [0.1, 0.15) is 30.5 Å². The Morgan fingerprint density at radius 3 is 2.41 bits per heavy atom. The molecule has 150 valence electrons. The van der Waals surface area contributed by atoms with Crippen LogP contribution in [0.2, 0.25) is 0 Å². The predicted molar refractivity (Wildman–Crippen MR) is 106 cm³/mol. The van der Waals surface area contributed by atoms with Crippen LogP contribution < -0.4 is 9.47 Å². The third-order valence-corrected chi connectivity index (χ3v) is 4.90. The first kappa shape index (κ1) is 19.4. The van der Waals surface area contributed by atoms with E-state index >= 15 is 0 Å². The summed E-state index contributed by atoms with van der Waals surface area (Å²) < 4.78 is 51.5. The highest BCUT2D eigenvalue weighted by atomic mass is 19.4. The molecule has 0 aromatic heterocycles. The second kappa shape index (κ2) is 7.14. The van der Waals surface area contributed by atoms with E-state index < -0.39 is 11.7 Å². The van der Waals surface area contributed by atoms with Gasteiger partial charge in [-0.1, -0.05) is 30.3 Å². The fraction of sp³-hybridized carbons (Fsp3) is 0.250. The van der Waals surface area contributed by atoms with Crippen molar-refractivity contribution in [3.05, 3.63) is 83.4 Å². The molecular formula is C24H21F3O2. The molecule has 2 nitrogen and oxygen atoms in total. The Kier molecular flexibility index (Phi) is 4.77. The van der Waals surface area contributed by atoms with Gasteiger partial charge >= 0.3 is 6.18 Å². The second-order valence-electron chi connectivity index (χ2n) is 7.84. The fourth-order valence-electron chi connectivity index (χ4n) is 3.61. The Labute approximate surface area is 167 Å². The number of ether oxygens (including phenoxy) is 2. The molecule has 0 saturated heterocycles. The van der Waals surface area contributed by atoms with Crippen molar-refractivity contribution < 1.29 is 22.6 Å². The van der Waals surface area contributed by atoms with Crippen molar-refractivity contribution in [3.63, 3.8) is 0 Å². The zero-order valence-electron chi connectivity index (χ0n) is 16.2. The van der Waals surface area contributed by atoms with Crippen LogP contribution in [0.3, 0.4) is 0 Å². The van der Waals surface area contributed by atoms with Gasteiger partial charge in [0.05, 0.1) is 5.56 Å². The molecule has 0 bridgehead atoms. The lowest BCUT2D eigenvalue weighted by Gasteiger charge is -2.18. The number of para-hydroxylation sites is 1. The van der Waals surface area contributed by atoms with E-state index in [-0.39, 0.29) is 12.2 Å². The average Bonchev–Trinajstić information content (AvgIpc) is 3.00. The zero-order chi connectivity index (χ0) is 20.6. The molecule has 0 atom stereocenters. The van der Waals surface area contributed by atoms with Crippen LogP contribution in [-0.2, 0) is 19.2 Å². The van der Waals surface area contributed by atoms with Gasteiger partial charge in [-0.2, -0.15) is 13.2 Å². The van der Waals surface area contributed by atoms with Crippen molar-refractivity contribution in [2.24, 2.45) is 0 Å². The highest BCUT2D eigenvalue weighted by molar-refractivity contribution is 5.69. The largest absolute Gasteiger partial charge is 0.489 e. The van der Waals surface area contributed by atoms with E-state index in [0.29, 0.717) is 12.0 Å². The van der Waals surface area contributed by atoms with Gasteiger partial charge < -0.3 is 9.47 Å². The summed E-state index contributed by atoms with van der Waals surface area (Å²) in [6.45, 7) is 4.27. The third-order valence-electron chi connectivity index (χ3n) is 4.90. The van der Waals surface area contributed by atoms with Gasteiger partial charge in [0.25, 0.3) is 0 Å². The monoisotopic (exact) mass is 398 g/mol. The Balaban J connectivity index is 1.73. The normalized spacial score (nSPS) is 14.9. The van der Waals surface area contributed by atoms with Crippen molar-refractivity contribution in [3.8, 4) is 22.6 Å². The highest BCUT2D eigenvalue weighted by Crippen LogP contribution is 2.41. The molecule has 0 spiro atoms. The van der Waals surface area contributed by atoms with Crippen LogP contribution in [0.15, 0.2) is 66.7 Å². The summed E-state index contributed by atoms with van der Waals surface area (Å²) in [6, 6.07) is 18.6. The van der Waals surface area contributed by atoms with E-state index in [1.54, 1.807) is 6.07 Å². The molecule has 3 aromatic rings. The SMILES string of the molecule is CC1(C)Cc2cc(-c3cccc(C(F)(F)F)c3)cc(COc3ccccc3)c2O1. The van der Waals surface area contributed by atoms with Gasteiger partial charge in [-0.05, 0) is 66.9 Å². The van der Waals surface area contributed by atoms with Crippen molar-refractivity contribution in [1.29, 1.82) is 0 Å². The Bertz CT molecular complexity index is 1020. The number of hydrogen-bond donors (Lipinski definition) is 0. The molecule has 4 rings (SSSR count). The summed E-state index contributed by atoms with van der Waals surface area (Å²) >= 11 is 0. The van der Waals surface area contributed by atoms with Crippen LogP contribution in [0, 0.1) is 0 Å². The van der Waals surface area contributed by atoms with Gasteiger partial charge in [-0.3, -0.25) is 0 Å². The number of halogens is 3. The molecule has 0 aliphatic carbocycles. The molecule has 0 radical (unpaired) electrons. The predicted octanol–water partition coefficient (Wildman–Crippen LogP) is 6.66. The first-order chi connectivity index (χ1) is 13.7. The topological polar surface area (TPSA) is 18.5 Å². The van der Waals surface area contributed by atoms with Gasteiger partial charge in [0.15, 0.2) is 0 Å². The Morgan fingerprint density at radius 2 is 1.69 bits per heavy atom. The van der Waals surface area contributed by atoms with Gasteiger partial charge in [-0.25, -0.2) is 0 Å². The molecule has 1 aliphatic rings. The summed E-state index contributed by atoms with van der Waals surface area (Å²) in [5.74, 6) is 1.49. The molecule has 1 heterocycles. The molecule has 5 heteroatoms. The number of rotatable bonds is 4. The molecule has 0 unspecified atom stereocenters. The van der Waals surface area contributed by atoms with Crippen molar-refractivity contribution in [2.75, 3.05) is 0 Å². The van der Waals surface area contributed by atoms with Crippen LogP contribution >= 0.6 is 0 Å². The van der Waals surface area contributed by atoms with Crippen LogP contribution in [0.5, 0.6) is 11.5 Å². The Hall–Kier alpha value is -2.95. The van der Waals surface area contributed by atoms with Gasteiger partial charge in [0.2, 0.25) is 0 Å². The first-order valence-corrected chi connectivity index (χ1v) is 9.42. The molecule has 0 amide bonds. The molecular weight excluding hydrogens is 377 g/mol. The molecule has 29 heavy (non-hydrogen) atoms. The van der Waals surface area contributed by atoms with E-state index in [1.807, 2.05) is 56.3 Å². The number of hydrogen-bond acceptors (Lipinski definition) is 2. The molecule has 1 aliphatic heterocycles. The fourth-order valence-corrected chi connectivity index (χ4v) is 3.61. The molecule has 0 N–H and O–H groups in total. The van der Waals surface area contributed by atoms with Gasteiger partial charge in [0.1, 0.15) is 23.7 Å². The Morgan fingerprint density at radius 1 is 0.931 bits per heavy atom. The minimum Gasteiger partial charge on any atom is -0.489 e. The van der Waals surface area contributed by atoms with Crippen LogP contribution in [0.4, 0.5) is 13.2 Å². The number of fused-ring (bicyclic) bond motifs is 1.